The van der Waals surface area contributed by atoms with Crippen LogP contribution in [-0.2, 0) is 9.78 Å². The van der Waals surface area contributed by atoms with Crippen LogP contribution in [0.3, 0.4) is 0 Å². The maximum atomic E-state index is 5.85. The average molecular weight is 286 g/mol. The molecular formula is C18H38O2. The fourth-order valence-electron chi connectivity index (χ4n) is 2.09. The third-order valence-electron chi connectivity index (χ3n) is 4.83. The topological polar surface area (TPSA) is 18.5 Å². The second-order valence-corrected chi connectivity index (χ2v) is 7.46. The van der Waals surface area contributed by atoms with Gasteiger partial charge in [-0.1, -0.05) is 53.4 Å². The lowest BCUT2D eigenvalue weighted by Crippen LogP contribution is -2.40. The van der Waals surface area contributed by atoms with Gasteiger partial charge in [0.15, 0.2) is 0 Å². The van der Waals surface area contributed by atoms with Gasteiger partial charge in [0, 0.05) is 0 Å². The maximum absolute atomic E-state index is 5.85. The molecule has 0 rings (SSSR count). The average Bonchev–Trinajstić information content (AvgIpc) is 2.39. The standard InChI is InChI=1S/C18H38O2/c1-9-11-13-15(3)17(5,6)19-20-18(7,8)16(4)14-12-10-2/h15-16H,9-14H2,1-8H3. The van der Waals surface area contributed by atoms with Crippen LogP contribution in [0.15, 0.2) is 0 Å². The zero-order valence-electron chi connectivity index (χ0n) is 15.2. The normalized spacial score (nSPS) is 16.2. The van der Waals surface area contributed by atoms with Crippen LogP contribution in [0, 0.1) is 11.8 Å². The van der Waals surface area contributed by atoms with Gasteiger partial charge in [-0.3, -0.25) is 0 Å². The van der Waals surface area contributed by atoms with E-state index in [0.717, 1.165) is 0 Å². The summed E-state index contributed by atoms with van der Waals surface area (Å²) < 4.78 is 0. The highest BCUT2D eigenvalue weighted by Gasteiger charge is 2.33. The molecule has 122 valence electrons. The molecule has 0 spiro atoms. The molecule has 0 aromatic rings. The van der Waals surface area contributed by atoms with E-state index in [4.69, 9.17) is 9.78 Å². The van der Waals surface area contributed by atoms with E-state index >= 15 is 0 Å². The van der Waals surface area contributed by atoms with Gasteiger partial charge in [0.1, 0.15) is 11.2 Å². The first-order valence-electron chi connectivity index (χ1n) is 8.54. The first-order chi connectivity index (χ1) is 9.17. The fraction of sp³-hybridized carbons (Fsp3) is 1.00. The van der Waals surface area contributed by atoms with Crippen molar-refractivity contribution in [1.29, 1.82) is 0 Å². The molecule has 0 bridgehead atoms. The fourth-order valence-corrected chi connectivity index (χ4v) is 2.09. The molecule has 0 aliphatic rings. The van der Waals surface area contributed by atoms with Crippen LogP contribution < -0.4 is 0 Å². The van der Waals surface area contributed by atoms with Crippen LogP contribution >= 0.6 is 0 Å². The molecule has 0 saturated heterocycles. The van der Waals surface area contributed by atoms with E-state index in [1.54, 1.807) is 0 Å². The maximum Gasteiger partial charge on any atom is 0.101 e. The smallest absolute Gasteiger partial charge is 0.101 e. The number of rotatable bonds is 11. The second kappa shape index (κ2) is 9.04. The highest BCUT2D eigenvalue weighted by atomic mass is 17.2. The Hall–Kier alpha value is -0.0800. The summed E-state index contributed by atoms with van der Waals surface area (Å²) in [5, 5.41) is 0. The molecule has 0 N–H and O–H groups in total. The SMILES string of the molecule is CCCCC(C)C(C)(C)OOC(C)(C)C(C)CCCC. The highest BCUT2D eigenvalue weighted by molar-refractivity contribution is 4.77. The lowest BCUT2D eigenvalue weighted by molar-refractivity contribution is -0.417. The third-order valence-corrected chi connectivity index (χ3v) is 4.83. The Labute approximate surface area is 127 Å². The minimum absolute atomic E-state index is 0.225. The molecule has 0 heterocycles. The molecular weight excluding hydrogens is 248 g/mol. The Morgan fingerprint density at radius 3 is 1.25 bits per heavy atom. The molecule has 0 aliphatic heterocycles. The summed E-state index contributed by atoms with van der Waals surface area (Å²) in [6, 6.07) is 0. The van der Waals surface area contributed by atoms with E-state index in [1.165, 1.54) is 38.5 Å². The van der Waals surface area contributed by atoms with Gasteiger partial charge >= 0.3 is 0 Å². The van der Waals surface area contributed by atoms with Gasteiger partial charge in [-0.15, -0.1) is 0 Å². The highest BCUT2D eigenvalue weighted by Crippen LogP contribution is 2.31. The summed E-state index contributed by atoms with van der Waals surface area (Å²) in [6.07, 6.45) is 7.37. The predicted octanol–water partition coefficient (Wildman–Crippen LogP) is 6.14. The van der Waals surface area contributed by atoms with Crippen LogP contribution in [0.2, 0.25) is 0 Å². The van der Waals surface area contributed by atoms with Gasteiger partial charge in [-0.25, -0.2) is 9.78 Å². The van der Waals surface area contributed by atoms with Gasteiger partial charge in [0.2, 0.25) is 0 Å². The summed E-state index contributed by atoms with van der Waals surface area (Å²) in [5.74, 6) is 1.01. The van der Waals surface area contributed by atoms with Crippen LogP contribution in [0.5, 0.6) is 0 Å². The molecule has 0 aromatic carbocycles. The Balaban J connectivity index is 4.34. The van der Waals surface area contributed by atoms with Crippen molar-refractivity contribution in [3.8, 4) is 0 Å². The van der Waals surface area contributed by atoms with Crippen LogP contribution in [0.1, 0.15) is 93.9 Å². The largest absolute Gasteiger partial charge is 0.230 e. The monoisotopic (exact) mass is 286 g/mol. The Morgan fingerprint density at radius 2 is 1.00 bits per heavy atom. The summed E-state index contributed by atoms with van der Waals surface area (Å²) in [5.41, 5.74) is -0.451. The van der Waals surface area contributed by atoms with E-state index in [0.29, 0.717) is 11.8 Å². The van der Waals surface area contributed by atoms with Crippen molar-refractivity contribution in [3.05, 3.63) is 0 Å². The molecule has 0 amide bonds. The minimum Gasteiger partial charge on any atom is -0.230 e. The van der Waals surface area contributed by atoms with E-state index in [-0.39, 0.29) is 11.2 Å². The Bertz CT molecular complexity index is 220. The van der Waals surface area contributed by atoms with Crippen LogP contribution in [0.25, 0.3) is 0 Å². The number of unbranched alkanes of at least 4 members (excludes halogenated alkanes) is 2. The first-order valence-corrected chi connectivity index (χ1v) is 8.54. The summed E-state index contributed by atoms with van der Waals surface area (Å²) in [7, 11) is 0. The van der Waals surface area contributed by atoms with Crippen molar-refractivity contribution in [2.24, 2.45) is 11.8 Å². The first kappa shape index (κ1) is 19.9. The molecule has 0 aliphatic carbocycles. The van der Waals surface area contributed by atoms with E-state index < -0.39 is 0 Å². The quantitative estimate of drug-likeness (QED) is 0.335. The molecule has 0 saturated carbocycles. The van der Waals surface area contributed by atoms with Crippen molar-refractivity contribution in [1.82, 2.24) is 0 Å². The zero-order valence-corrected chi connectivity index (χ0v) is 15.2. The Morgan fingerprint density at radius 1 is 0.700 bits per heavy atom. The minimum atomic E-state index is -0.225. The van der Waals surface area contributed by atoms with Crippen molar-refractivity contribution >= 4 is 0 Å². The predicted molar refractivity (Wildman–Crippen MR) is 87.7 cm³/mol. The van der Waals surface area contributed by atoms with Crippen molar-refractivity contribution < 1.29 is 9.78 Å². The van der Waals surface area contributed by atoms with Gasteiger partial charge in [0.05, 0.1) is 0 Å². The summed E-state index contributed by atoms with van der Waals surface area (Å²) in [4.78, 5) is 11.7. The molecule has 0 fully saturated rings. The van der Waals surface area contributed by atoms with Crippen molar-refractivity contribution in [2.75, 3.05) is 0 Å². The molecule has 2 unspecified atom stereocenters. The molecule has 0 radical (unpaired) electrons. The van der Waals surface area contributed by atoms with Gasteiger partial charge in [-0.05, 0) is 52.4 Å². The second-order valence-electron chi connectivity index (χ2n) is 7.46. The van der Waals surface area contributed by atoms with Crippen LogP contribution in [0.4, 0.5) is 0 Å². The van der Waals surface area contributed by atoms with Crippen molar-refractivity contribution in [2.45, 2.75) is 105 Å². The van der Waals surface area contributed by atoms with Gasteiger partial charge in [0.25, 0.3) is 0 Å². The van der Waals surface area contributed by atoms with Crippen LogP contribution in [-0.4, -0.2) is 11.2 Å². The molecule has 0 aromatic heterocycles. The molecule has 2 heteroatoms. The number of hydrogen-bond acceptors (Lipinski definition) is 2. The summed E-state index contributed by atoms with van der Waals surface area (Å²) in [6.45, 7) is 17.5. The van der Waals surface area contributed by atoms with Crippen molar-refractivity contribution in [3.63, 3.8) is 0 Å². The van der Waals surface area contributed by atoms with Gasteiger partial charge in [-0.2, -0.15) is 0 Å². The molecule has 20 heavy (non-hydrogen) atoms. The lowest BCUT2D eigenvalue weighted by atomic mass is 9.88. The van der Waals surface area contributed by atoms with E-state index in [9.17, 15) is 0 Å². The third kappa shape index (κ3) is 7.08. The van der Waals surface area contributed by atoms with E-state index in [1.807, 2.05) is 0 Å². The lowest BCUT2D eigenvalue weighted by Gasteiger charge is -2.37. The molecule has 2 atom stereocenters. The van der Waals surface area contributed by atoms with E-state index in [2.05, 4.69) is 55.4 Å². The zero-order chi connectivity index (χ0) is 15.8. The summed E-state index contributed by atoms with van der Waals surface area (Å²) >= 11 is 0. The molecule has 2 nitrogen and oxygen atoms in total. The van der Waals surface area contributed by atoms with Gasteiger partial charge < -0.3 is 0 Å². The Kier molecular flexibility index (Phi) is 9.01. The number of hydrogen-bond donors (Lipinski definition) is 0.